The van der Waals surface area contributed by atoms with Crippen molar-refractivity contribution in [2.75, 3.05) is 6.54 Å². The summed E-state index contributed by atoms with van der Waals surface area (Å²) in [6.07, 6.45) is 7.64. The van der Waals surface area contributed by atoms with Gasteiger partial charge in [0.2, 0.25) is 0 Å². The summed E-state index contributed by atoms with van der Waals surface area (Å²) in [7, 11) is 0. The van der Waals surface area contributed by atoms with Gasteiger partial charge in [0.05, 0.1) is 6.54 Å². The van der Waals surface area contributed by atoms with Crippen LogP contribution in [0.5, 0.6) is 0 Å². The van der Waals surface area contributed by atoms with Gasteiger partial charge in [0.25, 0.3) is 0 Å². The third kappa shape index (κ3) is 7.65. The summed E-state index contributed by atoms with van der Waals surface area (Å²) in [5.41, 5.74) is 0.830. The number of benzene rings is 1. The summed E-state index contributed by atoms with van der Waals surface area (Å²) in [5.74, 6) is 1.53. The molecular formula is C20H32ClN5. The Bertz CT molecular complexity index is 607. The maximum Gasteiger partial charge on any atom is 0.200 e. The number of unbranched alkanes of at least 4 members (excludes halogenated alkanes) is 5. The van der Waals surface area contributed by atoms with Gasteiger partial charge in [0.1, 0.15) is 5.66 Å². The van der Waals surface area contributed by atoms with Crippen LogP contribution in [0.4, 0.5) is 0 Å². The van der Waals surface area contributed by atoms with Gasteiger partial charge in [-0.3, -0.25) is 10.3 Å². The molecule has 0 saturated carbocycles. The second-order valence-electron chi connectivity index (χ2n) is 7.29. The van der Waals surface area contributed by atoms with E-state index in [2.05, 4.69) is 46.7 Å². The molecule has 1 saturated heterocycles. The van der Waals surface area contributed by atoms with Crippen molar-refractivity contribution >= 4 is 23.5 Å². The fourth-order valence-corrected chi connectivity index (χ4v) is 2.93. The van der Waals surface area contributed by atoms with Crippen LogP contribution in [-0.4, -0.2) is 24.1 Å². The number of hydrogen-bond donors (Lipinski definition) is 3. The first kappa shape index (κ1) is 20.6. The number of guanidine groups is 2. The molecule has 0 bridgehead atoms. The quantitative estimate of drug-likeness (QED) is 0.558. The molecule has 26 heavy (non-hydrogen) atoms. The summed E-state index contributed by atoms with van der Waals surface area (Å²) in [6.45, 7) is 7.82. The lowest BCUT2D eigenvalue weighted by atomic mass is 10.1. The molecule has 1 fully saturated rings. The Balaban J connectivity index is 1.85. The normalized spacial score (nSPS) is 19.1. The fraction of sp³-hybridized carbons (Fsp3) is 0.600. The molecule has 0 aliphatic carbocycles. The van der Waals surface area contributed by atoms with Crippen LogP contribution in [0, 0.1) is 0 Å². The summed E-state index contributed by atoms with van der Waals surface area (Å²) >= 11 is 5.93. The van der Waals surface area contributed by atoms with E-state index in [1.807, 2.05) is 24.3 Å². The number of halogens is 1. The smallest absolute Gasteiger partial charge is 0.200 e. The van der Waals surface area contributed by atoms with Crippen molar-refractivity contribution in [1.29, 1.82) is 0 Å². The van der Waals surface area contributed by atoms with E-state index in [1.165, 1.54) is 32.1 Å². The summed E-state index contributed by atoms with van der Waals surface area (Å²) in [4.78, 5) is 9.31. The molecule has 0 aromatic heterocycles. The Morgan fingerprint density at radius 2 is 1.50 bits per heavy atom. The van der Waals surface area contributed by atoms with Crippen LogP contribution in [0.25, 0.3) is 0 Å². The van der Waals surface area contributed by atoms with E-state index >= 15 is 0 Å². The number of rotatable bonds is 9. The molecule has 0 amide bonds. The predicted molar refractivity (Wildman–Crippen MR) is 112 cm³/mol. The van der Waals surface area contributed by atoms with Gasteiger partial charge in [-0.15, -0.1) is 0 Å². The maximum absolute atomic E-state index is 5.93. The predicted octanol–water partition coefficient (Wildman–Crippen LogP) is 4.43. The van der Waals surface area contributed by atoms with Crippen molar-refractivity contribution < 1.29 is 0 Å². The molecule has 1 aliphatic rings. The van der Waals surface area contributed by atoms with E-state index in [4.69, 9.17) is 11.6 Å². The van der Waals surface area contributed by atoms with Crippen LogP contribution in [-0.2, 0) is 6.54 Å². The van der Waals surface area contributed by atoms with Crippen LogP contribution < -0.4 is 16.0 Å². The minimum absolute atomic E-state index is 0.288. The highest BCUT2D eigenvalue weighted by molar-refractivity contribution is 6.30. The van der Waals surface area contributed by atoms with E-state index in [0.29, 0.717) is 6.54 Å². The van der Waals surface area contributed by atoms with Crippen LogP contribution in [0.15, 0.2) is 34.3 Å². The third-order valence-electron chi connectivity index (χ3n) is 4.21. The van der Waals surface area contributed by atoms with Gasteiger partial charge in [-0.25, -0.2) is 4.99 Å². The number of aliphatic imine (C=N–C) groups is 2. The Morgan fingerprint density at radius 3 is 2.19 bits per heavy atom. The summed E-state index contributed by atoms with van der Waals surface area (Å²) in [6, 6.07) is 7.76. The van der Waals surface area contributed by atoms with Crippen molar-refractivity contribution in [1.82, 2.24) is 16.0 Å². The topological polar surface area (TPSA) is 60.8 Å². The average Bonchev–Trinajstić information content (AvgIpc) is 2.59. The van der Waals surface area contributed by atoms with Gasteiger partial charge in [-0.05, 0) is 38.0 Å². The molecule has 0 radical (unpaired) electrons. The zero-order valence-corrected chi connectivity index (χ0v) is 17.0. The Hall–Kier alpha value is -1.75. The highest BCUT2D eigenvalue weighted by Gasteiger charge is 2.26. The van der Waals surface area contributed by atoms with Gasteiger partial charge in [-0.1, -0.05) is 62.8 Å². The minimum Gasteiger partial charge on any atom is -0.334 e. The first-order valence-electron chi connectivity index (χ1n) is 9.65. The lowest BCUT2D eigenvalue weighted by Gasteiger charge is -2.36. The average molecular weight is 378 g/mol. The molecular weight excluding hydrogens is 346 g/mol. The minimum atomic E-state index is -0.288. The van der Waals surface area contributed by atoms with Crippen LogP contribution in [0.2, 0.25) is 5.02 Å². The standard InChI is InChI=1S/C20H32ClN5/c1-4-5-6-7-8-9-14-22-18-24-19(26-20(2,3)25-18)23-15-16-10-12-17(21)13-11-16/h10-13H,4-9,14-15H2,1-3H3,(H3,22,23,24,25,26). The summed E-state index contributed by atoms with van der Waals surface area (Å²) < 4.78 is 0. The van der Waals surface area contributed by atoms with Crippen molar-refractivity contribution in [3.05, 3.63) is 34.9 Å². The molecule has 3 N–H and O–H groups in total. The molecule has 6 heteroatoms. The monoisotopic (exact) mass is 377 g/mol. The van der Waals surface area contributed by atoms with Crippen molar-refractivity contribution in [3.8, 4) is 0 Å². The molecule has 0 spiro atoms. The molecule has 1 aromatic carbocycles. The van der Waals surface area contributed by atoms with Gasteiger partial charge < -0.3 is 10.6 Å². The maximum atomic E-state index is 5.93. The lowest BCUT2D eigenvalue weighted by Crippen LogP contribution is -2.68. The third-order valence-corrected chi connectivity index (χ3v) is 4.47. The number of nitrogens with zero attached hydrogens (tertiary/aromatic N) is 2. The van der Waals surface area contributed by atoms with E-state index < -0.39 is 0 Å². The molecule has 1 aliphatic heterocycles. The fourth-order valence-electron chi connectivity index (χ4n) is 2.80. The largest absolute Gasteiger partial charge is 0.334 e. The first-order chi connectivity index (χ1) is 12.5. The van der Waals surface area contributed by atoms with Crippen molar-refractivity contribution in [3.63, 3.8) is 0 Å². The molecule has 0 unspecified atom stereocenters. The van der Waals surface area contributed by atoms with Crippen molar-refractivity contribution in [2.24, 2.45) is 9.98 Å². The number of nitrogens with one attached hydrogen (secondary N) is 3. The Morgan fingerprint density at radius 1 is 0.885 bits per heavy atom. The van der Waals surface area contributed by atoms with E-state index in [9.17, 15) is 0 Å². The number of hydrogen-bond acceptors (Lipinski definition) is 2. The van der Waals surface area contributed by atoms with Crippen LogP contribution in [0.1, 0.15) is 64.9 Å². The zero-order chi connectivity index (χ0) is 18.8. The van der Waals surface area contributed by atoms with E-state index in [0.717, 1.165) is 35.5 Å². The Labute approximate surface area is 162 Å². The second-order valence-corrected chi connectivity index (χ2v) is 7.73. The zero-order valence-electron chi connectivity index (χ0n) is 16.2. The molecule has 1 heterocycles. The molecule has 144 valence electrons. The van der Waals surface area contributed by atoms with Gasteiger partial charge in [0.15, 0.2) is 11.9 Å². The molecule has 0 atom stereocenters. The van der Waals surface area contributed by atoms with Crippen LogP contribution >= 0.6 is 11.6 Å². The first-order valence-corrected chi connectivity index (χ1v) is 10.0. The SMILES string of the molecule is CCCCCCCCN=C1NC(=NCc2ccc(Cl)cc2)NC(C)(C)N1. The lowest BCUT2D eigenvalue weighted by molar-refractivity contribution is 0.403. The Kier molecular flexibility index (Phi) is 8.23. The van der Waals surface area contributed by atoms with Crippen LogP contribution in [0.3, 0.4) is 0 Å². The molecule has 2 rings (SSSR count). The van der Waals surface area contributed by atoms with Gasteiger partial charge in [-0.2, -0.15) is 0 Å². The van der Waals surface area contributed by atoms with E-state index in [1.54, 1.807) is 0 Å². The highest BCUT2D eigenvalue weighted by atomic mass is 35.5. The van der Waals surface area contributed by atoms with Gasteiger partial charge >= 0.3 is 0 Å². The van der Waals surface area contributed by atoms with E-state index in [-0.39, 0.29) is 5.66 Å². The second kappa shape index (κ2) is 10.4. The highest BCUT2D eigenvalue weighted by Crippen LogP contribution is 2.10. The molecule has 1 aromatic rings. The molecule has 5 nitrogen and oxygen atoms in total. The van der Waals surface area contributed by atoms with Gasteiger partial charge in [0, 0.05) is 11.6 Å². The summed E-state index contributed by atoms with van der Waals surface area (Å²) in [5, 5.41) is 10.7. The van der Waals surface area contributed by atoms with Crippen molar-refractivity contribution in [2.45, 2.75) is 71.5 Å².